The highest BCUT2D eigenvalue weighted by Crippen LogP contribution is 2.48. The minimum atomic E-state index is 1.14. The van der Waals surface area contributed by atoms with Crippen LogP contribution in [-0.4, -0.2) is 0 Å². The largest absolute Gasteiger partial charge is 0.309 e. The first-order valence-corrected chi connectivity index (χ1v) is 15.8. The molecule has 9 rings (SSSR count). The Labute approximate surface area is 259 Å². The maximum absolute atomic E-state index is 2.49. The molecule has 0 aliphatic carbocycles. The summed E-state index contributed by atoms with van der Waals surface area (Å²) in [5, 5.41) is 10.1. The smallest absolute Gasteiger partial charge is 0.0555 e. The summed E-state index contributed by atoms with van der Waals surface area (Å²) < 4.78 is 2.60. The average Bonchev–Trinajstić information content (AvgIpc) is 3.48. The third-order valence-electron chi connectivity index (χ3n) is 8.81. The van der Waals surface area contributed by atoms with Crippen molar-refractivity contribution >= 4 is 80.9 Å². The fourth-order valence-electron chi connectivity index (χ4n) is 6.86. The zero-order valence-corrected chi connectivity index (χ0v) is 24.8. The normalized spacial score (nSPS) is 11.6. The van der Waals surface area contributed by atoms with Gasteiger partial charge in [-0.15, -0.1) is 11.3 Å². The number of hydrogen-bond acceptors (Lipinski definition) is 2. The van der Waals surface area contributed by atoms with Gasteiger partial charge in [0.05, 0.1) is 11.4 Å². The summed E-state index contributed by atoms with van der Waals surface area (Å²) >= 11 is 1.86. The Balaban J connectivity index is 1.38. The molecule has 0 N–H and O–H groups in total. The van der Waals surface area contributed by atoms with Crippen LogP contribution in [0.1, 0.15) is 0 Å². The van der Waals surface area contributed by atoms with E-state index in [4.69, 9.17) is 0 Å². The second-order valence-corrected chi connectivity index (χ2v) is 12.4. The zero-order valence-electron chi connectivity index (χ0n) is 23.9. The predicted molar refractivity (Wildman–Crippen MR) is 192 cm³/mol. The topological polar surface area (TPSA) is 3.24 Å². The van der Waals surface area contributed by atoms with Crippen LogP contribution < -0.4 is 4.90 Å². The van der Waals surface area contributed by atoms with Crippen LogP contribution in [0.15, 0.2) is 164 Å². The summed E-state index contributed by atoms with van der Waals surface area (Å²) in [5.41, 5.74) is 5.95. The molecule has 2 heteroatoms. The number of nitrogens with zero attached hydrogens (tertiary/aromatic N) is 1. The Hall–Kier alpha value is -5.44. The molecule has 1 aromatic heterocycles. The maximum atomic E-state index is 2.49. The molecule has 0 bridgehead atoms. The minimum Gasteiger partial charge on any atom is -0.309 e. The minimum absolute atomic E-state index is 1.14. The van der Waals surface area contributed by atoms with Gasteiger partial charge in [-0.3, -0.25) is 0 Å². The van der Waals surface area contributed by atoms with E-state index in [2.05, 4.69) is 169 Å². The summed E-state index contributed by atoms with van der Waals surface area (Å²) in [4.78, 5) is 2.49. The average molecular weight is 578 g/mol. The van der Waals surface area contributed by atoms with Crippen molar-refractivity contribution in [2.24, 2.45) is 0 Å². The number of benzene rings is 8. The van der Waals surface area contributed by atoms with E-state index in [1.54, 1.807) is 0 Å². The number of anilines is 3. The lowest BCUT2D eigenvalue weighted by Crippen LogP contribution is -2.11. The summed E-state index contributed by atoms with van der Waals surface area (Å²) in [6.07, 6.45) is 0. The monoisotopic (exact) mass is 577 g/mol. The maximum Gasteiger partial charge on any atom is 0.0555 e. The molecule has 9 aromatic rings. The van der Waals surface area contributed by atoms with Gasteiger partial charge in [-0.25, -0.2) is 0 Å². The summed E-state index contributed by atoms with van der Waals surface area (Å²) in [7, 11) is 0. The van der Waals surface area contributed by atoms with Crippen molar-refractivity contribution in [3.63, 3.8) is 0 Å². The number of fused-ring (bicyclic) bond motifs is 7. The van der Waals surface area contributed by atoms with E-state index in [1.165, 1.54) is 75.0 Å². The quantitative estimate of drug-likeness (QED) is 0.188. The standard InChI is InChI=1S/C42H27NS/c1-3-17-32-28(12-1)14-10-22-33(32)29-15-9-16-31(26-29)43(38-23-11-25-41-42(38)37-21-7-8-24-40(37)44-41)39-27-30-13-2-4-18-34(30)35-19-5-6-20-36(35)39/h1-27H. The molecule has 8 aromatic carbocycles. The third-order valence-corrected chi connectivity index (χ3v) is 9.95. The van der Waals surface area contributed by atoms with Crippen molar-refractivity contribution in [1.29, 1.82) is 0 Å². The Morgan fingerprint density at radius 3 is 1.91 bits per heavy atom. The fraction of sp³-hybridized carbons (Fsp3) is 0. The summed E-state index contributed by atoms with van der Waals surface area (Å²) in [5.74, 6) is 0. The molecule has 0 unspecified atom stereocenters. The van der Waals surface area contributed by atoms with Crippen LogP contribution in [0, 0.1) is 0 Å². The third kappa shape index (κ3) is 3.92. The molecule has 0 aliphatic heterocycles. The summed E-state index contributed by atoms with van der Waals surface area (Å²) in [6.45, 7) is 0. The number of hydrogen-bond donors (Lipinski definition) is 0. The second-order valence-electron chi connectivity index (χ2n) is 11.3. The lowest BCUT2D eigenvalue weighted by molar-refractivity contribution is 1.32. The molecule has 0 atom stereocenters. The SMILES string of the molecule is c1cc(-c2cccc3ccccc23)cc(N(c2cc3ccccc3c3ccccc23)c2cccc3sc4ccccc4c23)c1. The summed E-state index contributed by atoms with van der Waals surface area (Å²) in [6, 6.07) is 59.8. The molecule has 1 heterocycles. The fourth-order valence-corrected chi connectivity index (χ4v) is 7.99. The molecule has 0 aliphatic rings. The molecule has 0 spiro atoms. The van der Waals surface area contributed by atoms with Crippen LogP contribution in [0.4, 0.5) is 17.1 Å². The molecule has 1 nitrogen and oxygen atoms in total. The Morgan fingerprint density at radius 2 is 1.02 bits per heavy atom. The molecule has 0 amide bonds. The van der Waals surface area contributed by atoms with Crippen molar-refractivity contribution < 1.29 is 0 Å². The van der Waals surface area contributed by atoms with Crippen LogP contribution in [0.5, 0.6) is 0 Å². The highest BCUT2D eigenvalue weighted by Gasteiger charge is 2.21. The highest BCUT2D eigenvalue weighted by atomic mass is 32.1. The van der Waals surface area contributed by atoms with E-state index < -0.39 is 0 Å². The van der Waals surface area contributed by atoms with Gasteiger partial charge in [0.1, 0.15) is 0 Å². The van der Waals surface area contributed by atoms with E-state index in [-0.39, 0.29) is 0 Å². The van der Waals surface area contributed by atoms with Crippen LogP contribution >= 0.6 is 11.3 Å². The second kappa shape index (κ2) is 10.1. The van der Waals surface area contributed by atoms with Crippen LogP contribution in [0.3, 0.4) is 0 Å². The number of rotatable bonds is 4. The van der Waals surface area contributed by atoms with Crippen molar-refractivity contribution in [1.82, 2.24) is 0 Å². The molecule has 44 heavy (non-hydrogen) atoms. The van der Waals surface area contributed by atoms with Crippen molar-refractivity contribution in [3.05, 3.63) is 164 Å². The molecular formula is C42H27NS. The predicted octanol–water partition coefficient (Wildman–Crippen LogP) is 12.7. The van der Waals surface area contributed by atoms with Gasteiger partial charge in [0.2, 0.25) is 0 Å². The number of thiophene rings is 1. The molecule has 0 saturated carbocycles. The van der Waals surface area contributed by atoms with Gasteiger partial charge in [-0.1, -0.05) is 127 Å². The van der Waals surface area contributed by atoms with E-state index in [0.717, 1.165) is 5.69 Å². The first kappa shape index (κ1) is 25.1. The molecular weight excluding hydrogens is 551 g/mol. The van der Waals surface area contributed by atoms with E-state index in [0.29, 0.717) is 0 Å². The van der Waals surface area contributed by atoms with E-state index in [1.807, 2.05) is 11.3 Å². The Morgan fingerprint density at radius 1 is 0.386 bits per heavy atom. The van der Waals surface area contributed by atoms with Crippen molar-refractivity contribution in [2.45, 2.75) is 0 Å². The van der Waals surface area contributed by atoms with Crippen molar-refractivity contribution in [2.75, 3.05) is 4.90 Å². The van der Waals surface area contributed by atoms with Crippen LogP contribution in [0.25, 0.3) is 63.6 Å². The van der Waals surface area contributed by atoms with E-state index >= 15 is 0 Å². The first-order chi connectivity index (χ1) is 21.8. The van der Waals surface area contributed by atoms with Gasteiger partial charge in [0.25, 0.3) is 0 Å². The molecule has 0 radical (unpaired) electrons. The van der Waals surface area contributed by atoms with Gasteiger partial charge in [0, 0.05) is 31.2 Å². The van der Waals surface area contributed by atoms with Gasteiger partial charge >= 0.3 is 0 Å². The van der Waals surface area contributed by atoms with E-state index in [9.17, 15) is 0 Å². The lowest BCUT2D eigenvalue weighted by Gasteiger charge is -2.29. The first-order valence-electron chi connectivity index (χ1n) is 15.0. The molecule has 206 valence electrons. The van der Waals surface area contributed by atoms with Gasteiger partial charge < -0.3 is 4.90 Å². The van der Waals surface area contributed by atoms with Crippen LogP contribution in [-0.2, 0) is 0 Å². The van der Waals surface area contributed by atoms with Gasteiger partial charge in [0.15, 0.2) is 0 Å². The highest BCUT2D eigenvalue weighted by molar-refractivity contribution is 7.26. The molecule has 0 fully saturated rings. The lowest BCUT2D eigenvalue weighted by atomic mass is 9.96. The zero-order chi connectivity index (χ0) is 29.0. The van der Waals surface area contributed by atoms with Gasteiger partial charge in [-0.05, 0) is 74.5 Å². The van der Waals surface area contributed by atoms with Gasteiger partial charge in [-0.2, -0.15) is 0 Å². The van der Waals surface area contributed by atoms with Crippen molar-refractivity contribution in [3.8, 4) is 11.1 Å². The Bertz CT molecular complexity index is 2520. The Kier molecular flexibility index (Phi) is 5.75. The molecule has 0 saturated heterocycles. The van der Waals surface area contributed by atoms with Crippen LogP contribution in [0.2, 0.25) is 0 Å².